The Labute approximate surface area is 120 Å². The van der Waals surface area contributed by atoms with Gasteiger partial charge in [0.2, 0.25) is 0 Å². The predicted molar refractivity (Wildman–Crippen MR) is 72.7 cm³/mol. The Morgan fingerprint density at radius 3 is 2.90 bits per heavy atom. The molecule has 112 valence electrons. The van der Waals surface area contributed by atoms with E-state index in [0.717, 1.165) is 0 Å². The van der Waals surface area contributed by atoms with Gasteiger partial charge in [-0.15, -0.1) is 0 Å². The number of nitrogens with one attached hydrogen (secondary N) is 1. The van der Waals surface area contributed by atoms with E-state index in [9.17, 15) is 14.0 Å². The zero-order valence-corrected chi connectivity index (χ0v) is 11.4. The average Bonchev–Trinajstić information content (AvgIpc) is 2.76. The number of benzene rings is 1. The minimum absolute atomic E-state index is 0.0425. The Balaban J connectivity index is 2.30. The molecule has 7 heteroatoms. The van der Waals surface area contributed by atoms with Crippen LogP contribution in [0.25, 0.3) is 0 Å². The van der Waals surface area contributed by atoms with Crippen LogP contribution in [0.3, 0.4) is 0 Å². The zero-order chi connectivity index (χ0) is 15.4. The van der Waals surface area contributed by atoms with Crippen molar-refractivity contribution in [3.05, 3.63) is 41.4 Å². The van der Waals surface area contributed by atoms with Crippen LogP contribution in [-0.4, -0.2) is 48.7 Å². The molecule has 0 spiro atoms. The van der Waals surface area contributed by atoms with Gasteiger partial charge < -0.3 is 20.1 Å². The van der Waals surface area contributed by atoms with E-state index in [2.05, 4.69) is 10.1 Å². The fourth-order valence-electron chi connectivity index (χ4n) is 2.06. The van der Waals surface area contributed by atoms with E-state index < -0.39 is 17.7 Å². The number of methoxy groups -OCH3 is 1. The molecule has 2 rings (SSSR count). The SMILES string of the molecule is COC(=O)C1=C(Nc2cccc(F)c2)C(=O)N(CCO)C1. The summed E-state index contributed by atoms with van der Waals surface area (Å²) in [5.41, 5.74) is 0.548. The second-order valence-corrected chi connectivity index (χ2v) is 4.43. The van der Waals surface area contributed by atoms with Gasteiger partial charge in [0.25, 0.3) is 5.91 Å². The maximum atomic E-state index is 13.2. The highest BCUT2D eigenvalue weighted by Crippen LogP contribution is 2.22. The summed E-state index contributed by atoms with van der Waals surface area (Å²) in [7, 11) is 1.22. The van der Waals surface area contributed by atoms with Crippen LogP contribution in [0.15, 0.2) is 35.5 Å². The molecule has 1 aliphatic rings. The van der Waals surface area contributed by atoms with Gasteiger partial charge >= 0.3 is 5.97 Å². The van der Waals surface area contributed by atoms with E-state index in [4.69, 9.17) is 5.11 Å². The molecule has 2 N–H and O–H groups in total. The largest absolute Gasteiger partial charge is 0.466 e. The van der Waals surface area contributed by atoms with Gasteiger partial charge in [-0.2, -0.15) is 0 Å². The average molecular weight is 294 g/mol. The molecule has 0 fully saturated rings. The van der Waals surface area contributed by atoms with Crippen LogP contribution in [0, 0.1) is 5.82 Å². The number of ether oxygens (including phenoxy) is 1. The summed E-state index contributed by atoms with van der Waals surface area (Å²) >= 11 is 0. The minimum Gasteiger partial charge on any atom is -0.466 e. The first-order chi connectivity index (χ1) is 10.1. The van der Waals surface area contributed by atoms with E-state index in [1.54, 1.807) is 6.07 Å². The number of esters is 1. The lowest BCUT2D eigenvalue weighted by Crippen LogP contribution is -2.31. The Morgan fingerprint density at radius 2 is 2.29 bits per heavy atom. The van der Waals surface area contributed by atoms with E-state index in [-0.39, 0.29) is 31.0 Å². The molecule has 21 heavy (non-hydrogen) atoms. The number of anilines is 1. The van der Waals surface area contributed by atoms with E-state index >= 15 is 0 Å². The van der Waals surface area contributed by atoms with Crippen molar-refractivity contribution in [3.8, 4) is 0 Å². The molecule has 0 saturated heterocycles. The van der Waals surface area contributed by atoms with Crippen molar-refractivity contribution in [2.24, 2.45) is 0 Å². The van der Waals surface area contributed by atoms with Crippen LogP contribution in [0.2, 0.25) is 0 Å². The number of halogens is 1. The quantitative estimate of drug-likeness (QED) is 0.773. The van der Waals surface area contributed by atoms with Gasteiger partial charge in [-0.1, -0.05) is 6.07 Å². The van der Waals surface area contributed by atoms with Gasteiger partial charge in [-0.3, -0.25) is 4.79 Å². The summed E-state index contributed by atoms with van der Waals surface area (Å²) in [5.74, 6) is -1.53. The highest BCUT2D eigenvalue weighted by Gasteiger charge is 2.34. The lowest BCUT2D eigenvalue weighted by atomic mass is 10.2. The minimum atomic E-state index is -0.636. The van der Waals surface area contributed by atoms with E-state index in [1.165, 1.54) is 30.2 Å². The molecular formula is C14H15FN2O4. The number of carbonyl (C=O) groups excluding carboxylic acids is 2. The monoisotopic (exact) mass is 294 g/mol. The van der Waals surface area contributed by atoms with Crippen LogP contribution in [0.4, 0.5) is 10.1 Å². The lowest BCUT2D eigenvalue weighted by molar-refractivity contribution is -0.136. The molecule has 0 atom stereocenters. The molecule has 0 aliphatic carbocycles. The molecule has 0 bridgehead atoms. The first kappa shape index (κ1) is 15.0. The molecule has 0 saturated carbocycles. The number of carbonyl (C=O) groups is 2. The van der Waals surface area contributed by atoms with Crippen molar-refractivity contribution < 1.29 is 23.8 Å². The molecule has 0 aromatic heterocycles. The van der Waals surface area contributed by atoms with Gasteiger partial charge in [-0.25, -0.2) is 9.18 Å². The number of aliphatic hydroxyl groups is 1. The van der Waals surface area contributed by atoms with Crippen molar-refractivity contribution in [1.82, 2.24) is 4.90 Å². The number of amides is 1. The number of nitrogens with zero attached hydrogens (tertiary/aromatic N) is 1. The molecular weight excluding hydrogens is 279 g/mol. The third-order valence-electron chi connectivity index (χ3n) is 3.05. The molecule has 1 aliphatic heterocycles. The normalized spacial score (nSPS) is 14.6. The van der Waals surface area contributed by atoms with Gasteiger partial charge in [0.05, 0.1) is 25.8 Å². The number of hydrogen-bond donors (Lipinski definition) is 2. The number of β-amino-alcohol motifs (C(OH)–C–C–N with tert-alkyl or cyclic N) is 1. The fourth-order valence-corrected chi connectivity index (χ4v) is 2.06. The summed E-state index contributed by atoms with van der Waals surface area (Å²) < 4.78 is 17.8. The Kier molecular flexibility index (Phi) is 4.54. The Bertz CT molecular complexity index is 600. The van der Waals surface area contributed by atoms with Crippen LogP contribution in [0.5, 0.6) is 0 Å². The fraction of sp³-hybridized carbons (Fsp3) is 0.286. The summed E-state index contributed by atoms with van der Waals surface area (Å²) in [6.45, 7) is -0.0647. The zero-order valence-electron chi connectivity index (χ0n) is 11.4. The maximum Gasteiger partial charge on any atom is 0.337 e. The third kappa shape index (κ3) is 3.19. The van der Waals surface area contributed by atoms with Gasteiger partial charge in [0.1, 0.15) is 11.5 Å². The van der Waals surface area contributed by atoms with Crippen molar-refractivity contribution in [3.63, 3.8) is 0 Å². The first-order valence-electron chi connectivity index (χ1n) is 6.31. The molecule has 0 radical (unpaired) electrons. The number of rotatable bonds is 5. The van der Waals surface area contributed by atoms with Crippen molar-refractivity contribution in [2.75, 3.05) is 32.1 Å². The van der Waals surface area contributed by atoms with Crippen LogP contribution < -0.4 is 5.32 Å². The molecule has 1 aromatic rings. The Hall–Kier alpha value is -2.41. The molecule has 1 heterocycles. The van der Waals surface area contributed by atoms with Crippen LogP contribution in [0.1, 0.15) is 0 Å². The number of hydrogen-bond acceptors (Lipinski definition) is 5. The second-order valence-electron chi connectivity index (χ2n) is 4.43. The van der Waals surface area contributed by atoms with Crippen molar-refractivity contribution in [2.45, 2.75) is 0 Å². The van der Waals surface area contributed by atoms with Crippen LogP contribution in [-0.2, 0) is 14.3 Å². The summed E-state index contributed by atoms with van der Waals surface area (Å²) in [6.07, 6.45) is 0. The molecule has 0 unspecified atom stereocenters. The second kappa shape index (κ2) is 6.36. The molecule has 1 aromatic carbocycles. The summed E-state index contributed by atoms with van der Waals surface area (Å²) in [5, 5.41) is 11.7. The van der Waals surface area contributed by atoms with Gasteiger partial charge in [-0.05, 0) is 18.2 Å². The smallest absolute Gasteiger partial charge is 0.337 e. The van der Waals surface area contributed by atoms with E-state index in [1.807, 2.05) is 0 Å². The third-order valence-corrected chi connectivity index (χ3v) is 3.05. The molecule has 1 amide bonds. The van der Waals surface area contributed by atoms with Gasteiger partial charge in [0.15, 0.2) is 0 Å². The van der Waals surface area contributed by atoms with Gasteiger partial charge in [0, 0.05) is 12.2 Å². The van der Waals surface area contributed by atoms with Crippen LogP contribution >= 0.6 is 0 Å². The topological polar surface area (TPSA) is 78.9 Å². The number of aliphatic hydroxyl groups excluding tert-OH is 1. The molecule has 6 nitrogen and oxygen atoms in total. The standard InChI is InChI=1S/C14H15FN2O4/c1-21-14(20)11-8-17(5-6-18)13(19)12(11)16-10-4-2-3-9(15)7-10/h2-4,7,16,18H,5-6,8H2,1H3. The Morgan fingerprint density at radius 1 is 1.52 bits per heavy atom. The highest BCUT2D eigenvalue weighted by atomic mass is 19.1. The van der Waals surface area contributed by atoms with Crippen molar-refractivity contribution >= 4 is 17.6 Å². The lowest BCUT2D eigenvalue weighted by Gasteiger charge is -2.14. The van der Waals surface area contributed by atoms with Crippen molar-refractivity contribution in [1.29, 1.82) is 0 Å². The highest BCUT2D eigenvalue weighted by molar-refractivity contribution is 6.08. The summed E-state index contributed by atoms with van der Waals surface area (Å²) in [4.78, 5) is 25.3. The van der Waals surface area contributed by atoms with E-state index in [0.29, 0.717) is 5.69 Å². The first-order valence-corrected chi connectivity index (χ1v) is 6.31. The predicted octanol–water partition coefficient (Wildman–Crippen LogP) is 0.499. The summed E-state index contributed by atoms with van der Waals surface area (Å²) in [6, 6.07) is 5.55. The maximum absolute atomic E-state index is 13.2.